The van der Waals surface area contributed by atoms with Crippen LogP contribution >= 0.6 is 27.7 Å². The van der Waals surface area contributed by atoms with Crippen molar-refractivity contribution in [3.05, 3.63) is 58.3 Å². The van der Waals surface area contributed by atoms with Gasteiger partial charge >= 0.3 is 0 Å². The van der Waals surface area contributed by atoms with Crippen molar-refractivity contribution < 1.29 is 4.39 Å². The number of hydrogen-bond donors (Lipinski definition) is 1. The minimum atomic E-state index is -0.186. The summed E-state index contributed by atoms with van der Waals surface area (Å²) in [5, 5.41) is 0. The summed E-state index contributed by atoms with van der Waals surface area (Å²) in [5.74, 6) is -0.186. The quantitative estimate of drug-likeness (QED) is 0.878. The summed E-state index contributed by atoms with van der Waals surface area (Å²) < 4.78 is 14.9. The Hall–Kier alpha value is -0.840. The van der Waals surface area contributed by atoms with E-state index in [2.05, 4.69) is 15.9 Å². The molecule has 0 amide bonds. The summed E-state index contributed by atoms with van der Waals surface area (Å²) in [6.07, 6.45) is 0.541. The highest BCUT2D eigenvalue weighted by Gasteiger charge is 2.12. The average Bonchev–Trinajstić information content (AvgIpc) is 2.36. The smallest absolute Gasteiger partial charge is 0.127 e. The molecule has 0 fully saturated rings. The number of rotatable bonds is 4. The van der Waals surface area contributed by atoms with Crippen LogP contribution in [0.15, 0.2) is 56.7 Å². The first kappa shape index (κ1) is 14.6. The van der Waals surface area contributed by atoms with E-state index >= 15 is 0 Å². The summed E-state index contributed by atoms with van der Waals surface area (Å²) in [5.41, 5.74) is 6.49. The maximum absolute atomic E-state index is 13.9. The summed E-state index contributed by atoms with van der Waals surface area (Å²) >= 11 is 5.06. The minimum absolute atomic E-state index is 0.0598. The van der Waals surface area contributed by atoms with Crippen molar-refractivity contribution in [2.75, 3.05) is 0 Å². The van der Waals surface area contributed by atoms with Crippen molar-refractivity contribution in [1.29, 1.82) is 0 Å². The fourth-order valence-corrected chi connectivity index (χ4v) is 3.33. The van der Waals surface area contributed by atoms with Gasteiger partial charge in [-0.3, -0.25) is 0 Å². The first-order valence-electron chi connectivity index (χ1n) is 6.03. The fourth-order valence-electron chi connectivity index (χ4n) is 1.80. The molecule has 19 heavy (non-hydrogen) atoms. The van der Waals surface area contributed by atoms with Crippen molar-refractivity contribution in [1.82, 2.24) is 0 Å². The zero-order valence-electron chi connectivity index (χ0n) is 10.6. The lowest BCUT2D eigenvalue weighted by atomic mass is 10.1. The van der Waals surface area contributed by atoms with Gasteiger partial charge in [0.05, 0.1) is 0 Å². The standard InChI is InChI=1S/C15H15BrFNS/c1-10(18)9-11-13(17)6-4-8-14(11)19-15-7-3-2-5-12(15)16/h2-8,10H,9,18H2,1H3. The van der Waals surface area contributed by atoms with Gasteiger partial charge in [0.15, 0.2) is 0 Å². The Kier molecular flexibility index (Phi) is 5.02. The summed E-state index contributed by atoms with van der Waals surface area (Å²) in [6, 6.07) is 13.0. The molecule has 2 aromatic carbocycles. The average molecular weight is 340 g/mol. The van der Waals surface area contributed by atoms with Crippen LogP contribution in [-0.2, 0) is 6.42 Å². The highest BCUT2D eigenvalue weighted by molar-refractivity contribution is 9.10. The molecule has 0 aliphatic rings. The van der Waals surface area contributed by atoms with E-state index in [1.165, 1.54) is 6.07 Å². The van der Waals surface area contributed by atoms with Gasteiger partial charge < -0.3 is 5.73 Å². The van der Waals surface area contributed by atoms with E-state index in [-0.39, 0.29) is 11.9 Å². The van der Waals surface area contributed by atoms with Crippen molar-refractivity contribution in [2.24, 2.45) is 5.73 Å². The zero-order valence-corrected chi connectivity index (χ0v) is 13.0. The monoisotopic (exact) mass is 339 g/mol. The Labute approximate surface area is 125 Å². The summed E-state index contributed by atoms with van der Waals surface area (Å²) in [6.45, 7) is 1.89. The van der Waals surface area contributed by atoms with Gasteiger partial charge in [-0.15, -0.1) is 0 Å². The molecule has 0 aromatic heterocycles. The summed E-state index contributed by atoms with van der Waals surface area (Å²) in [4.78, 5) is 1.99. The molecule has 2 N–H and O–H groups in total. The first-order valence-corrected chi connectivity index (χ1v) is 7.64. The second-order valence-electron chi connectivity index (χ2n) is 4.43. The first-order chi connectivity index (χ1) is 9.08. The maximum atomic E-state index is 13.9. The predicted octanol–water partition coefficient (Wildman–Crippen LogP) is 4.63. The molecule has 0 heterocycles. The van der Waals surface area contributed by atoms with Crippen molar-refractivity contribution in [3.63, 3.8) is 0 Å². The molecular weight excluding hydrogens is 325 g/mol. The maximum Gasteiger partial charge on any atom is 0.127 e. The van der Waals surface area contributed by atoms with E-state index < -0.39 is 0 Å². The second-order valence-corrected chi connectivity index (χ2v) is 6.37. The lowest BCUT2D eigenvalue weighted by Gasteiger charge is -2.13. The third kappa shape index (κ3) is 3.81. The Morgan fingerprint density at radius 3 is 2.53 bits per heavy atom. The minimum Gasteiger partial charge on any atom is -0.328 e. The van der Waals surface area contributed by atoms with Gasteiger partial charge in [-0.2, -0.15) is 0 Å². The highest BCUT2D eigenvalue weighted by atomic mass is 79.9. The van der Waals surface area contributed by atoms with Crippen LogP contribution in [0.1, 0.15) is 12.5 Å². The van der Waals surface area contributed by atoms with Gasteiger partial charge in [0.25, 0.3) is 0 Å². The lowest BCUT2D eigenvalue weighted by Crippen LogP contribution is -2.19. The molecule has 0 saturated heterocycles. The number of nitrogens with two attached hydrogens (primary N) is 1. The Balaban J connectivity index is 2.35. The van der Waals surface area contributed by atoms with Crippen molar-refractivity contribution >= 4 is 27.7 Å². The molecule has 1 atom stereocenters. The topological polar surface area (TPSA) is 26.0 Å². The number of benzene rings is 2. The largest absolute Gasteiger partial charge is 0.328 e. The highest BCUT2D eigenvalue weighted by Crippen LogP contribution is 2.36. The van der Waals surface area contributed by atoms with Crippen LogP contribution in [0.2, 0.25) is 0 Å². The van der Waals surface area contributed by atoms with E-state index in [1.54, 1.807) is 17.8 Å². The van der Waals surface area contributed by atoms with Gasteiger partial charge in [0, 0.05) is 25.9 Å². The molecule has 0 saturated carbocycles. The Bertz CT molecular complexity index is 572. The number of hydrogen-bond acceptors (Lipinski definition) is 2. The Morgan fingerprint density at radius 2 is 1.84 bits per heavy atom. The van der Waals surface area contributed by atoms with Crippen molar-refractivity contribution in [3.8, 4) is 0 Å². The van der Waals surface area contributed by atoms with E-state index in [0.717, 1.165) is 14.3 Å². The van der Waals surface area contributed by atoms with Crippen LogP contribution < -0.4 is 5.73 Å². The van der Waals surface area contributed by atoms with Crippen LogP contribution in [-0.4, -0.2) is 6.04 Å². The molecule has 4 heteroatoms. The van der Waals surface area contributed by atoms with Gasteiger partial charge in [0.1, 0.15) is 5.82 Å². The van der Waals surface area contributed by atoms with Crippen LogP contribution in [0.5, 0.6) is 0 Å². The van der Waals surface area contributed by atoms with Gasteiger partial charge in [-0.05, 0) is 53.5 Å². The van der Waals surface area contributed by atoms with Crippen molar-refractivity contribution in [2.45, 2.75) is 29.2 Å². The molecule has 2 rings (SSSR count). The van der Waals surface area contributed by atoms with Crippen LogP contribution in [0, 0.1) is 5.82 Å². The normalized spacial score (nSPS) is 12.4. The molecule has 0 radical (unpaired) electrons. The van der Waals surface area contributed by atoms with E-state index in [1.807, 2.05) is 37.3 Å². The summed E-state index contributed by atoms with van der Waals surface area (Å²) in [7, 11) is 0. The van der Waals surface area contributed by atoms with E-state index in [9.17, 15) is 4.39 Å². The number of halogens is 2. The van der Waals surface area contributed by atoms with Crippen LogP contribution in [0.3, 0.4) is 0 Å². The molecule has 100 valence electrons. The molecular formula is C15H15BrFNS. The third-order valence-corrected chi connectivity index (χ3v) is 4.79. The molecule has 0 bridgehead atoms. The van der Waals surface area contributed by atoms with Gasteiger partial charge in [-0.25, -0.2) is 4.39 Å². The predicted molar refractivity (Wildman–Crippen MR) is 82.0 cm³/mol. The fraction of sp³-hybridized carbons (Fsp3) is 0.200. The zero-order chi connectivity index (χ0) is 13.8. The molecule has 1 nitrogen and oxygen atoms in total. The van der Waals surface area contributed by atoms with E-state index in [4.69, 9.17) is 5.73 Å². The SMILES string of the molecule is CC(N)Cc1c(F)cccc1Sc1ccccc1Br. The Morgan fingerprint density at radius 1 is 1.16 bits per heavy atom. The second kappa shape index (κ2) is 6.55. The molecule has 2 aromatic rings. The van der Waals surface area contributed by atoms with Crippen LogP contribution in [0.25, 0.3) is 0 Å². The van der Waals surface area contributed by atoms with Gasteiger partial charge in [0.2, 0.25) is 0 Å². The van der Waals surface area contributed by atoms with E-state index in [0.29, 0.717) is 12.0 Å². The van der Waals surface area contributed by atoms with Crippen LogP contribution in [0.4, 0.5) is 4.39 Å². The third-order valence-electron chi connectivity index (χ3n) is 2.66. The molecule has 1 unspecified atom stereocenters. The molecule has 0 aliphatic heterocycles. The van der Waals surface area contributed by atoms with Gasteiger partial charge in [-0.1, -0.05) is 30.0 Å². The molecule has 0 spiro atoms. The lowest BCUT2D eigenvalue weighted by molar-refractivity contribution is 0.588. The molecule has 0 aliphatic carbocycles.